The van der Waals surface area contributed by atoms with Gasteiger partial charge in [0.2, 0.25) is 0 Å². The molecule has 0 aliphatic heterocycles. The van der Waals surface area contributed by atoms with Gasteiger partial charge in [-0.05, 0) is 47.7 Å². The first-order valence-corrected chi connectivity index (χ1v) is 11.7. The Hall–Kier alpha value is -2.99. The van der Waals surface area contributed by atoms with E-state index in [1.165, 1.54) is 16.7 Å². The van der Waals surface area contributed by atoms with Crippen molar-refractivity contribution in [3.8, 4) is 5.75 Å². The Labute approximate surface area is 193 Å². The van der Waals surface area contributed by atoms with Gasteiger partial charge in [0, 0.05) is 5.75 Å². The third-order valence-corrected chi connectivity index (χ3v) is 6.30. The molecule has 4 aromatic rings. The SMILES string of the molecule is Cc1ccc(OCc2nnc(SCc3ccc(C(C)(C)C)cc3)n2Cc2ccco2)cc1. The van der Waals surface area contributed by atoms with Gasteiger partial charge in [0.25, 0.3) is 0 Å². The Morgan fingerprint density at radius 1 is 0.969 bits per heavy atom. The van der Waals surface area contributed by atoms with Crippen molar-refractivity contribution in [2.75, 3.05) is 0 Å². The third kappa shape index (κ3) is 5.62. The van der Waals surface area contributed by atoms with E-state index in [-0.39, 0.29) is 5.41 Å². The van der Waals surface area contributed by atoms with Crippen molar-refractivity contribution in [2.45, 2.75) is 57.2 Å². The number of hydrogen-bond donors (Lipinski definition) is 0. The Bertz CT molecular complexity index is 1130. The normalized spacial score (nSPS) is 11.6. The Kier molecular flexibility index (Phi) is 6.70. The maximum atomic E-state index is 5.96. The van der Waals surface area contributed by atoms with E-state index in [1.807, 2.05) is 36.4 Å². The number of hydrogen-bond acceptors (Lipinski definition) is 5. The Balaban J connectivity index is 1.48. The highest BCUT2D eigenvalue weighted by molar-refractivity contribution is 7.98. The van der Waals surface area contributed by atoms with E-state index in [9.17, 15) is 0 Å². The van der Waals surface area contributed by atoms with Crippen LogP contribution in [0, 0.1) is 6.92 Å². The summed E-state index contributed by atoms with van der Waals surface area (Å²) < 4.78 is 13.6. The first-order chi connectivity index (χ1) is 15.4. The summed E-state index contributed by atoms with van der Waals surface area (Å²) in [5.74, 6) is 3.26. The quantitative estimate of drug-likeness (QED) is 0.293. The first-order valence-electron chi connectivity index (χ1n) is 10.7. The number of nitrogens with zero attached hydrogens (tertiary/aromatic N) is 3. The van der Waals surface area contributed by atoms with Crippen LogP contribution in [0.15, 0.2) is 76.5 Å². The maximum absolute atomic E-state index is 5.96. The van der Waals surface area contributed by atoms with Gasteiger partial charge in [0.15, 0.2) is 11.0 Å². The number of aromatic nitrogens is 3. The van der Waals surface area contributed by atoms with Gasteiger partial charge in [-0.3, -0.25) is 4.57 Å². The Morgan fingerprint density at radius 2 is 1.72 bits per heavy atom. The molecule has 0 unspecified atom stereocenters. The molecule has 0 atom stereocenters. The van der Waals surface area contributed by atoms with E-state index in [0.717, 1.165) is 28.2 Å². The molecule has 0 bridgehead atoms. The van der Waals surface area contributed by atoms with Gasteiger partial charge in [0.1, 0.15) is 18.1 Å². The summed E-state index contributed by atoms with van der Waals surface area (Å²) in [7, 11) is 0. The fraction of sp³-hybridized carbons (Fsp3) is 0.308. The lowest BCUT2D eigenvalue weighted by Gasteiger charge is -2.19. The minimum Gasteiger partial charge on any atom is -0.486 e. The second-order valence-corrected chi connectivity index (χ2v) is 9.84. The van der Waals surface area contributed by atoms with Crippen molar-refractivity contribution in [3.63, 3.8) is 0 Å². The van der Waals surface area contributed by atoms with Gasteiger partial charge in [-0.15, -0.1) is 10.2 Å². The summed E-state index contributed by atoms with van der Waals surface area (Å²) in [6.07, 6.45) is 1.69. The molecule has 2 heterocycles. The van der Waals surface area contributed by atoms with Crippen molar-refractivity contribution in [1.29, 1.82) is 0 Å². The summed E-state index contributed by atoms with van der Waals surface area (Å²) in [6, 6.07) is 20.7. The highest BCUT2D eigenvalue weighted by Gasteiger charge is 2.16. The molecule has 0 radical (unpaired) electrons. The predicted octanol–water partition coefficient (Wildman–Crippen LogP) is 6.40. The summed E-state index contributed by atoms with van der Waals surface area (Å²) in [6.45, 7) is 9.66. The van der Waals surface area contributed by atoms with Gasteiger partial charge in [0.05, 0.1) is 12.8 Å². The van der Waals surface area contributed by atoms with Crippen molar-refractivity contribution >= 4 is 11.8 Å². The zero-order valence-electron chi connectivity index (χ0n) is 19.0. The molecule has 0 saturated heterocycles. The molecule has 5 nitrogen and oxygen atoms in total. The van der Waals surface area contributed by atoms with E-state index in [1.54, 1.807) is 18.0 Å². The molecule has 2 aromatic heterocycles. The van der Waals surface area contributed by atoms with Crippen LogP contribution in [0.25, 0.3) is 0 Å². The zero-order chi connectivity index (χ0) is 22.6. The van der Waals surface area contributed by atoms with E-state index < -0.39 is 0 Å². The fourth-order valence-corrected chi connectivity index (χ4v) is 4.19. The van der Waals surface area contributed by atoms with Crippen molar-refractivity contribution in [3.05, 3.63) is 95.2 Å². The van der Waals surface area contributed by atoms with Gasteiger partial charge in [-0.1, -0.05) is 74.5 Å². The van der Waals surface area contributed by atoms with E-state index >= 15 is 0 Å². The Morgan fingerprint density at radius 3 is 2.38 bits per heavy atom. The summed E-state index contributed by atoms with van der Waals surface area (Å²) in [4.78, 5) is 0. The van der Waals surface area contributed by atoms with Crippen molar-refractivity contribution in [1.82, 2.24) is 14.8 Å². The van der Waals surface area contributed by atoms with Crippen LogP contribution in [0.1, 0.15) is 49.0 Å². The number of benzene rings is 2. The molecule has 0 N–H and O–H groups in total. The molecular formula is C26H29N3O2S. The van der Waals surface area contributed by atoms with Crippen LogP contribution in [-0.4, -0.2) is 14.8 Å². The first kappa shape index (κ1) is 22.2. The average Bonchev–Trinajstić information content (AvgIpc) is 3.42. The van der Waals surface area contributed by atoms with E-state index in [4.69, 9.17) is 9.15 Å². The molecule has 166 valence electrons. The molecule has 0 aliphatic carbocycles. The molecule has 6 heteroatoms. The van der Waals surface area contributed by atoms with Crippen LogP contribution in [0.3, 0.4) is 0 Å². The van der Waals surface area contributed by atoms with Gasteiger partial charge >= 0.3 is 0 Å². The molecule has 0 saturated carbocycles. The van der Waals surface area contributed by atoms with Crippen LogP contribution in [0.5, 0.6) is 5.75 Å². The fourth-order valence-electron chi connectivity index (χ4n) is 3.28. The van der Waals surface area contributed by atoms with Crippen molar-refractivity contribution < 1.29 is 9.15 Å². The third-order valence-electron chi connectivity index (χ3n) is 5.26. The maximum Gasteiger partial charge on any atom is 0.192 e. The predicted molar refractivity (Wildman–Crippen MR) is 128 cm³/mol. The number of rotatable bonds is 8. The number of ether oxygens (including phenoxy) is 1. The lowest BCUT2D eigenvalue weighted by atomic mass is 9.87. The molecule has 0 aliphatic rings. The van der Waals surface area contributed by atoms with Crippen LogP contribution in [-0.2, 0) is 24.3 Å². The van der Waals surface area contributed by atoms with Gasteiger partial charge < -0.3 is 9.15 Å². The zero-order valence-corrected chi connectivity index (χ0v) is 19.9. The number of thioether (sulfide) groups is 1. The minimum absolute atomic E-state index is 0.154. The lowest BCUT2D eigenvalue weighted by molar-refractivity contribution is 0.287. The summed E-state index contributed by atoms with van der Waals surface area (Å²) >= 11 is 1.67. The molecular weight excluding hydrogens is 418 g/mol. The molecule has 32 heavy (non-hydrogen) atoms. The average molecular weight is 448 g/mol. The number of furan rings is 1. The smallest absolute Gasteiger partial charge is 0.192 e. The van der Waals surface area contributed by atoms with E-state index in [0.29, 0.717) is 13.2 Å². The standard InChI is InChI=1S/C26H29N3O2S/c1-19-7-13-22(14-8-19)31-17-24-27-28-25(29(24)16-23-6-5-15-30-23)32-18-20-9-11-21(12-10-20)26(2,3)4/h5-15H,16-18H2,1-4H3. The van der Waals surface area contributed by atoms with Crippen molar-refractivity contribution in [2.24, 2.45) is 0 Å². The topological polar surface area (TPSA) is 53.1 Å². The number of aryl methyl sites for hydroxylation is 1. The van der Waals surface area contributed by atoms with Gasteiger partial charge in [-0.2, -0.15) is 0 Å². The molecule has 0 fully saturated rings. The molecule has 0 spiro atoms. The second-order valence-electron chi connectivity index (χ2n) is 8.90. The monoisotopic (exact) mass is 447 g/mol. The highest BCUT2D eigenvalue weighted by atomic mass is 32.2. The minimum atomic E-state index is 0.154. The van der Waals surface area contributed by atoms with E-state index in [2.05, 4.69) is 66.7 Å². The second kappa shape index (κ2) is 9.65. The van der Waals surface area contributed by atoms with Crippen LogP contribution in [0.2, 0.25) is 0 Å². The summed E-state index contributed by atoms with van der Waals surface area (Å²) in [5.41, 5.74) is 3.95. The lowest BCUT2D eigenvalue weighted by Crippen LogP contribution is -2.10. The van der Waals surface area contributed by atoms with Crippen LogP contribution >= 0.6 is 11.8 Å². The van der Waals surface area contributed by atoms with Crippen LogP contribution < -0.4 is 4.74 Å². The molecule has 4 rings (SSSR count). The molecule has 0 amide bonds. The van der Waals surface area contributed by atoms with Crippen LogP contribution in [0.4, 0.5) is 0 Å². The summed E-state index contributed by atoms with van der Waals surface area (Å²) in [5, 5.41) is 9.71. The molecule has 2 aromatic carbocycles. The largest absolute Gasteiger partial charge is 0.486 e. The van der Waals surface area contributed by atoms with Gasteiger partial charge in [-0.25, -0.2) is 0 Å². The highest BCUT2D eigenvalue weighted by Crippen LogP contribution is 2.26.